The Morgan fingerprint density at radius 2 is 1.90 bits per heavy atom. The van der Waals surface area contributed by atoms with Crippen LogP contribution in [0.3, 0.4) is 0 Å². The van der Waals surface area contributed by atoms with Crippen molar-refractivity contribution in [1.29, 1.82) is 0 Å². The molecule has 6 heteroatoms. The second-order valence-electron chi connectivity index (χ2n) is 4.59. The molecule has 0 atom stereocenters. The lowest BCUT2D eigenvalue weighted by molar-refractivity contribution is 0.379. The van der Waals surface area contributed by atoms with E-state index in [0.29, 0.717) is 28.9 Å². The fourth-order valence-electron chi connectivity index (χ4n) is 1.94. The standard InChI is InChI=1S/C15H13ClN4O/c16-12-2-1-9-18-14(12)15-19-13(21-20-15)8-5-10-3-6-11(17)7-4-10/h1-4,6-7,9H,5,8,17H2. The summed E-state index contributed by atoms with van der Waals surface area (Å²) in [6.07, 6.45) is 3.10. The molecule has 0 saturated heterocycles. The number of nitrogen functional groups attached to an aromatic ring is 1. The van der Waals surface area contributed by atoms with Crippen LogP contribution in [0.4, 0.5) is 5.69 Å². The molecule has 106 valence electrons. The summed E-state index contributed by atoms with van der Waals surface area (Å²) in [6, 6.07) is 11.2. The second kappa shape index (κ2) is 5.93. The minimum Gasteiger partial charge on any atom is -0.399 e. The molecule has 0 fully saturated rings. The van der Waals surface area contributed by atoms with Gasteiger partial charge in [-0.2, -0.15) is 4.98 Å². The number of anilines is 1. The summed E-state index contributed by atoms with van der Waals surface area (Å²) in [5.74, 6) is 0.969. The first-order valence-corrected chi connectivity index (χ1v) is 6.88. The van der Waals surface area contributed by atoms with Gasteiger partial charge in [-0.1, -0.05) is 28.9 Å². The SMILES string of the molecule is Nc1ccc(CCc2nc(-c3ncccc3Cl)no2)cc1. The number of hydrogen-bond acceptors (Lipinski definition) is 5. The van der Waals surface area contributed by atoms with E-state index in [1.807, 2.05) is 24.3 Å². The van der Waals surface area contributed by atoms with Crippen LogP contribution in [-0.4, -0.2) is 15.1 Å². The molecule has 0 spiro atoms. The molecule has 1 aromatic carbocycles. The first-order chi connectivity index (χ1) is 10.2. The van der Waals surface area contributed by atoms with Crippen molar-refractivity contribution in [2.45, 2.75) is 12.8 Å². The predicted molar refractivity (Wildman–Crippen MR) is 80.8 cm³/mol. The Bertz CT molecular complexity index is 739. The number of nitrogens with zero attached hydrogens (tertiary/aromatic N) is 3. The molecule has 21 heavy (non-hydrogen) atoms. The van der Waals surface area contributed by atoms with Gasteiger partial charge in [0.1, 0.15) is 5.69 Å². The van der Waals surface area contributed by atoms with Crippen molar-refractivity contribution in [3.63, 3.8) is 0 Å². The van der Waals surface area contributed by atoms with Gasteiger partial charge in [0.25, 0.3) is 0 Å². The van der Waals surface area contributed by atoms with Gasteiger partial charge in [-0.05, 0) is 36.2 Å². The van der Waals surface area contributed by atoms with Gasteiger partial charge < -0.3 is 10.3 Å². The number of pyridine rings is 1. The Morgan fingerprint density at radius 1 is 1.10 bits per heavy atom. The fraction of sp³-hybridized carbons (Fsp3) is 0.133. The van der Waals surface area contributed by atoms with Gasteiger partial charge in [0.05, 0.1) is 5.02 Å². The van der Waals surface area contributed by atoms with E-state index in [9.17, 15) is 0 Å². The van der Waals surface area contributed by atoms with Crippen LogP contribution in [0, 0.1) is 0 Å². The molecule has 0 bridgehead atoms. The lowest BCUT2D eigenvalue weighted by Crippen LogP contribution is -1.93. The summed E-state index contributed by atoms with van der Waals surface area (Å²) >= 11 is 6.06. The molecule has 0 saturated carbocycles. The number of aromatic nitrogens is 3. The highest BCUT2D eigenvalue weighted by molar-refractivity contribution is 6.32. The zero-order valence-corrected chi connectivity index (χ0v) is 11.9. The van der Waals surface area contributed by atoms with E-state index in [4.69, 9.17) is 21.9 Å². The van der Waals surface area contributed by atoms with Crippen LogP contribution in [0.15, 0.2) is 47.1 Å². The van der Waals surface area contributed by atoms with Gasteiger partial charge in [-0.15, -0.1) is 0 Å². The molecule has 3 aromatic rings. The summed E-state index contributed by atoms with van der Waals surface area (Å²) in [6.45, 7) is 0. The summed E-state index contributed by atoms with van der Waals surface area (Å²) < 4.78 is 5.24. The third-order valence-corrected chi connectivity index (χ3v) is 3.35. The lowest BCUT2D eigenvalue weighted by Gasteiger charge is -1.98. The fourth-order valence-corrected chi connectivity index (χ4v) is 2.14. The molecule has 2 heterocycles. The molecule has 2 aromatic heterocycles. The monoisotopic (exact) mass is 300 g/mol. The summed E-state index contributed by atoms with van der Waals surface area (Å²) in [5.41, 5.74) is 8.10. The van der Waals surface area contributed by atoms with Crippen molar-refractivity contribution in [1.82, 2.24) is 15.1 Å². The van der Waals surface area contributed by atoms with Crippen LogP contribution in [0.5, 0.6) is 0 Å². The van der Waals surface area contributed by atoms with Gasteiger partial charge in [0.2, 0.25) is 11.7 Å². The van der Waals surface area contributed by atoms with Crippen LogP contribution in [0.1, 0.15) is 11.5 Å². The van der Waals surface area contributed by atoms with Crippen LogP contribution in [0.2, 0.25) is 5.02 Å². The van der Waals surface area contributed by atoms with Gasteiger partial charge in [-0.25, -0.2) is 0 Å². The molecule has 0 aliphatic rings. The first kappa shape index (κ1) is 13.6. The maximum absolute atomic E-state index is 6.06. The van der Waals surface area contributed by atoms with Crippen LogP contribution < -0.4 is 5.73 Å². The Morgan fingerprint density at radius 3 is 2.67 bits per heavy atom. The van der Waals surface area contributed by atoms with E-state index >= 15 is 0 Å². The zero-order valence-electron chi connectivity index (χ0n) is 11.2. The smallest absolute Gasteiger partial charge is 0.227 e. The third kappa shape index (κ3) is 3.20. The maximum Gasteiger partial charge on any atom is 0.227 e. The lowest BCUT2D eigenvalue weighted by atomic mass is 10.1. The average Bonchev–Trinajstić information content (AvgIpc) is 2.96. The molecular formula is C15H13ClN4O. The summed E-state index contributed by atoms with van der Waals surface area (Å²) in [4.78, 5) is 8.48. The van der Waals surface area contributed by atoms with Crippen molar-refractivity contribution in [2.24, 2.45) is 0 Å². The number of hydrogen-bond donors (Lipinski definition) is 1. The van der Waals surface area contributed by atoms with E-state index in [-0.39, 0.29) is 0 Å². The molecular weight excluding hydrogens is 288 g/mol. The van der Waals surface area contributed by atoms with Crippen molar-refractivity contribution in [2.75, 3.05) is 5.73 Å². The molecule has 5 nitrogen and oxygen atoms in total. The number of halogens is 1. The van der Waals surface area contributed by atoms with Crippen molar-refractivity contribution in [3.8, 4) is 11.5 Å². The third-order valence-electron chi connectivity index (χ3n) is 3.05. The molecule has 3 rings (SSSR count). The predicted octanol–water partition coefficient (Wildman–Crippen LogP) is 3.15. The molecule has 2 N–H and O–H groups in total. The first-order valence-electron chi connectivity index (χ1n) is 6.50. The Labute approximate surface area is 126 Å². The topological polar surface area (TPSA) is 77.8 Å². The highest BCUT2D eigenvalue weighted by atomic mass is 35.5. The van der Waals surface area contributed by atoms with Crippen molar-refractivity contribution < 1.29 is 4.52 Å². The minimum atomic E-state index is 0.410. The van der Waals surface area contributed by atoms with Gasteiger partial charge in [0, 0.05) is 18.3 Å². The van der Waals surface area contributed by atoms with E-state index in [0.717, 1.165) is 12.1 Å². The Balaban J connectivity index is 1.71. The number of rotatable bonds is 4. The molecule has 0 radical (unpaired) electrons. The Hall–Kier alpha value is -2.40. The second-order valence-corrected chi connectivity index (χ2v) is 4.99. The van der Waals surface area contributed by atoms with Gasteiger partial charge >= 0.3 is 0 Å². The average molecular weight is 301 g/mol. The van der Waals surface area contributed by atoms with Crippen LogP contribution in [-0.2, 0) is 12.8 Å². The summed E-state index contributed by atoms with van der Waals surface area (Å²) in [7, 11) is 0. The van der Waals surface area contributed by atoms with E-state index in [1.165, 1.54) is 5.56 Å². The van der Waals surface area contributed by atoms with E-state index < -0.39 is 0 Å². The highest BCUT2D eigenvalue weighted by Crippen LogP contribution is 2.22. The van der Waals surface area contributed by atoms with Crippen LogP contribution in [0.25, 0.3) is 11.5 Å². The normalized spacial score (nSPS) is 10.7. The molecule has 0 unspecified atom stereocenters. The minimum absolute atomic E-state index is 0.410. The number of aryl methyl sites for hydroxylation is 2. The van der Waals surface area contributed by atoms with E-state index in [2.05, 4.69) is 15.1 Å². The van der Waals surface area contributed by atoms with Gasteiger partial charge in [0.15, 0.2) is 0 Å². The van der Waals surface area contributed by atoms with Gasteiger partial charge in [-0.3, -0.25) is 4.98 Å². The largest absolute Gasteiger partial charge is 0.399 e. The van der Waals surface area contributed by atoms with Crippen molar-refractivity contribution >= 4 is 17.3 Å². The summed E-state index contributed by atoms with van der Waals surface area (Å²) in [5, 5.41) is 4.42. The van der Waals surface area contributed by atoms with E-state index in [1.54, 1.807) is 18.3 Å². The quantitative estimate of drug-likeness (QED) is 0.749. The van der Waals surface area contributed by atoms with Crippen molar-refractivity contribution in [3.05, 3.63) is 59.1 Å². The highest BCUT2D eigenvalue weighted by Gasteiger charge is 2.12. The van der Waals surface area contributed by atoms with Crippen LogP contribution >= 0.6 is 11.6 Å². The Kier molecular flexibility index (Phi) is 3.83. The number of nitrogens with two attached hydrogens (primary N) is 1. The zero-order chi connectivity index (χ0) is 14.7. The number of benzene rings is 1. The molecule has 0 aliphatic carbocycles. The molecule has 0 amide bonds. The molecule has 0 aliphatic heterocycles. The maximum atomic E-state index is 6.06.